The van der Waals surface area contributed by atoms with Gasteiger partial charge in [-0.05, 0) is 50.4 Å². The zero-order valence-corrected chi connectivity index (χ0v) is 17.9. The highest BCUT2D eigenvalue weighted by Gasteiger charge is 2.43. The molecule has 166 valence electrons. The molecule has 5 heteroatoms. The average Bonchev–Trinajstić information content (AvgIpc) is 2.94. The molecule has 5 atom stereocenters. The lowest BCUT2D eigenvalue weighted by Crippen LogP contribution is -2.40. The first-order chi connectivity index (χ1) is 13.9. The molecule has 0 aromatic heterocycles. The molecule has 4 N–H and O–H groups in total. The third-order valence-corrected chi connectivity index (χ3v) is 6.93. The van der Waals surface area contributed by atoms with Gasteiger partial charge in [-0.25, -0.2) is 0 Å². The SMILES string of the molecule is CCCCC1(C(O)C=C[C@H]2[C@H](O)CC(=O)[C@@H]2CC=CCCCC(O)CO)CCC1. The molecule has 0 bridgehead atoms. The number of ketones is 1. The second kappa shape index (κ2) is 12.0. The summed E-state index contributed by atoms with van der Waals surface area (Å²) in [6.07, 6.45) is 15.4. The van der Waals surface area contributed by atoms with Crippen LogP contribution in [0.2, 0.25) is 0 Å². The molecule has 2 saturated carbocycles. The van der Waals surface area contributed by atoms with Crippen LogP contribution in [0, 0.1) is 17.3 Å². The number of allylic oxidation sites excluding steroid dienone is 2. The summed E-state index contributed by atoms with van der Waals surface area (Å²) in [5.74, 6) is -0.381. The summed E-state index contributed by atoms with van der Waals surface area (Å²) in [6.45, 7) is 1.96. The van der Waals surface area contributed by atoms with Crippen molar-refractivity contribution in [1.82, 2.24) is 0 Å². The highest BCUT2D eigenvalue weighted by Crippen LogP contribution is 2.48. The molecular formula is C24H40O5. The maximum atomic E-state index is 12.3. The minimum absolute atomic E-state index is 0.00535. The monoisotopic (exact) mass is 408 g/mol. The Hall–Kier alpha value is -1.01. The van der Waals surface area contributed by atoms with Crippen molar-refractivity contribution in [3.05, 3.63) is 24.3 Å². The lowest BCUT2D eigenvalue weighted by Gasteiger charge is -2.45. The molecule has 29 heavy (non-hydrogen) atoms. The Morgan fingerprint density at radius 3 is 2.59 bits per heavy atom. The van der Waals surface area contributed by atoms with Gasteiger partial charge in [0.25, 0.3) is 0 Å². The largest absolute Gasteiger partial charge is 0.394 e. The van der Waals surface area contributed by atoms with Crippen LogP contribution in [0.4, 0.5) is 0 Å². The molecule has 2 aliphatic carbocycles. The predicted molar refractivity (Wildman–Crippen MR) is 114 cm³/mol. The van der Waals surface area contributed by atoms with Gasteiger partial charge in [-0.3, -0.25) is 4.79 Å². The van der Waals surface area contributed by atoms with Gasteiger partial charge in [0.15, 0.2) is 0 Å². The summed E-state index contributed by atoms with van der Waals surface area (Å²) in [5, 5.41) is 39.3. The second-order valence-corrected chi connectivity index (χ2v) is 9.05. The van der Waals surface area contributed by atoms with Crippen LogP contribution < -0.4 is 0 Å². The molecule has 2 rings (SSSR count). The fraction of sp³-hybridized carbons (Fsp3) is 0.792. The van der Waals surface area contributed by atoms with Gasteiger partial charge in [0.2, 0.25) is 0 Å². The Labute approximate surface area is 175 Å². The number of rotatable bonds is 13. The van der Waals surface area contributed by atoms with Crippen molar-refractivity contribution in [3.8, 4) is 0 Å². The van der Waals surface area contributed by atoms with Crippen molar-refractivity contribution in [2.24, 2.45) is 17.3 Å². The van der Waals surface area contributed by atoms with Crippen LogP contribution in [0.5, 0.6) is 0 Å². The molecule has 2 unspecified atom stereocenters. The van der Waals surface area contributed by atoms with Crippen molar-refractivity contribution < 1.29 is 25.2 Å². The van der Waals surface area contributed by atoms with Gasteiger partial charge in [-0.1, -0.05) is 50.5 Å². The van der Waals surface area contributed by atoms with Crippen molar-refractivity contribution >= 4 is 5.78 Å². The van der Waals surface area contributed by atoms with Crippen LogP contribution in [0.3, 0.4) is 0 Å². The van der Waals surface area contributed by atoms with Crippen LogP contribution in [-0.2, 0) is 4.79 Å². The van der Waals surface area contributed by atoms with Crippen LogP contribution >= 0.6 is 0 Å². The second-order valence-electron chi connectivity index (χ2n) is 9.05. The van der Waals surface area contributed by atoms with Gasteiger partial charge in [0.05, 0.1) is 24.9 Å². The van der Waals surface area contributed by atoms with Crippen molar-refractivity contribution in [2.75, 3.05) is 6.61 Å². The number of hydrogen-bond acceptors (Lipinski definition) is 5. The zero-order chi connectivity index (χ0) is 21.3. The molecule has 2 aliphatic rings. The number of aliphatic hydroxyl groups excluding tert-OH is 4. The third-order valence-electron chi connectivity index (χ3n) is 6.93. The summed E-state index contributed by atoms with van der Waals surface area (Å²) in [6, 6.07) is 0. The highest BCUT2D eigenvalue weighted by molar-refractivity contribution is 5.84. The molecule has 0 heterocycles. The Kier molecular flexibility index (Phi) is 10.0. The molecule has 0 spiro atoms. The van der Waals surface area contributed by atoms with E-state index in [9.17, 15) is 20.1 Å². The number of unbranched alkanes of at least 4 members (excludes halogenated alkanes) is 2. The van der Waals surface area contributed by atoms with Gasteiger partial charge in [-0.2, -0.15) is 0 Å². The smallest absolute Gasteiger partial charge is 0.139 e. The Bertz CT molecular complexity index is 551. The Morgan fingerprint density at radius 1 is 1.21 bits per heavy atom. The molecule has 0 amide bonds. The zero-order valence-electron chi connectivity index (χ0n) is 17.9. The Morgan fingerprint density at radius 2 is 1.97 bits per heavy atom. The summed E-state index contributed by atoms with van der Waals surface area (Å²) >= 11 is 0. The van der Waals surface area contributed by atoms with Crippen LogP contribution in [0.15, 0.2) is 24.3 Å². The van der Waals surface area contributed by atoms with E-state index in [0.717, 1.165) is 44.9 Å². The van der Waals surface area contributed by atoms with Gasteiger partial charge in [0.1, 0.15) is 5.78 Å². The number of hydrogen-bond donors (Lipinski definition) is 4. The van der Waals surface area contributed by atoms with E-state index >= 15 is 0 Å². The fourth-order valence-corrected chi connectivity index (χ4v) is 4.74. The predicted octanol–water partition coefficient (Wildman–Crippen LogP) is 3.30. The lowest BCUT2D eigenvalue weighted by atomic mass is 9.62. The molecule has 0 saturated heterocycles. The number of carbonyl (C=O) groups excluding carboxylic acids is 1. The quantitative estimate of drug-likeness (QED) is 0.277. The van der Waals surface area contributed by atoms with Crippen LogP contribution in [-0.4, -0.2) is 51.1 Å². The summed E-state index contributed by atoms with van der Waals surface area (Å²) < 4.78 is 0. The standard InChI is InChI=1S/C24H40O5/c1-2-3-13-24(14-8-15-24)23(29)12-11-20-19(21(27)16-22(20)28)10-7-5-4-6-9-18(26)17-25/h5,7,11-12,18-20,22-23,25-26,28-29H,2-4,6,8-10,13-17H2,1H3/t18?,19-,20-,22-,23?/m1/s1. The van der Waals surface area contributed by atoms with Gasteiger partial charge in [-0.15, -0.1) is 0 Å². The topological polar surface area (TPSA) is 98.0 Å². The lowest BCUT2D eigenvalue weighted by molar-refractivity contribution is -0.121. The van der Waals surface area contributed by atoms with Gasteiger partial charge >= 0.3 is 0 Å². The maximum absolute atomic E-state index is 12.3. The van der Waals surface area contributed by atoms with Crippen molar-refractivity contribution in [2.45, 2.75) is 95.9 Å². The molecule has 0 aromatic rings. The van der Waals surface area contributed by atoms with Crippen LogP contribution in [0.1, 0.15) is 77.6 Å². The first-order valence-electron chi connectivity index (χ1n) is 11.4. The molecule has 0 aliphatic heterocycles. The minimum Gasteiger partial charge on any atom is -0.394 e. The average molecular weight is 409 g/mol. The summed E-state index contributed by atoms with van der Waals surface area (Å²) in [7, 11) is 0. The molecule has 2 fully saturated rings. The molecule has 0 radical (unpaired) electrons. The van der Waals surface area contributed by atoms with Gasteiger partial charge < -0.3 is 20.4 Å². The Balaban J connectivity index is 1.88. The number of aliphatic hydroxyl groups is 4. The van der Waals surface area contributed by atoms with Crippen molar-refractivity contribution in [3.63, 3.8) is 0 Å². The molecular weight excluding hydrogens is 368 g/mol. The van der Waals surface area contributed by atoms with E-state index in [4.69, 9.17) is 5.11 Å². The summed E-state index contributed by atoms with van der Waals surface area (Å²) in [4.78, 5) is 12.3. The van der Waals surface area contributed by atoms with Crippen molar-refractivity contribution in [1.29, 1.82) is 0 Å². The number of carbonyl (C=O) groups is 1. The normalized spacial score (nSPS) is 28.9. The first kappa shape index (κ1) is 24.3. The molecule has 0 aromatic carbocycles. The van der Waals surface area contributed by atoms with E-state index in [1.165, 1.54) is 6.42 Å². The van der Waals surface area contributed by atoms with E-state index in [2.05, 4.69) is 6.92 Å². The highest BCUT2D eigenvalue weighted by atomic mass is 16.3. The van der Waals surface area contributed by atoms with E-state index in [1.807, 2.05) is 24.3 Å². The van der Waals surface area contributed by atoms with Crippen LogP contribution in [0.25, 0.3) is 0 Å². The van der Waals surface area contributed by atoms with E-state index in [0.29, 0.717) is 12.8 Å². The van der Waals surface area contributed by atoms with E-state index in [1.54, 1.807) is 0 Å². The van der Waals surface area contributed by atoms with E-state index < -0.39 is 18.3 Å². The molecule has 5 nitrogen and oxygen atoms in total. The van der Waals surface area contributed by atoms with E-state index in [-0.39, 0.29) is 36.1 Å². The van der Waals surface area contributed by atoms with Gasteiger partial charge in [0, 0.05) is 18.3 Å². The first-order valence-corrected chi connectivity index (χ1v) is 11.4. The fourth-order valence-electron chi connectivity index (χ4n) is 4.74. The summed E-state index contributed by atoms with van der Waals surface area (Å²) in [5.41, 5.74) is -0.00535. The maximum Gasteiger partial charge on any atom is 0.139 e. The third kappa shape index (κ3) is 6.74. The number of Topliss-reactive ketones (excluding diaryl/α,β-unsaturated/α-hetero) is 1. The minimum atomic E-state index is -0.669.